The van der Waals surface area contributed by atoms with Crippen LogP contribution in [-0.4, -0.2) is 170 Å². The number of hydrogen-bond donors (Lipinski definition) is 2. The van der Waals surface area contributed by atoms with Crippen LogP contribution in [-0.2, 0) is 47.6 Å². The van der Waals surface area contributed by atoms with E-state index in [1.165, 1.54) is 12.0 Å². The third-order valence-corrected chi connectivity index (χ3v) is 16.7. The lowest BCUT2D eigenvalue weighted by molar-refractivity contribution is -0.265. The number of Topliss-reactive ketones (excluding diaryl/α,β-unsaturated/α-hetero) is 2. The third-order valence-electron chi connectivity index (χ3n) is 16.7. The Balaban J connectivity index is 1.43. The van der Waals surface area contributed by atoms with Crippen molar-refractivity contribution in [3.63, 3.8) is 0 Å². The van der Waals surface area contributed by atoms with Crippen LogP contribution in [0.1, 0.15) is 126 Å². The first-order chi connectivity index (χ1) is 35.1. The highest BCUT2D eigenvalue weighted by atomic mass is 16.6. The number of rotatable bonds is 7. The van der Waals surface area contributed by atoms with E-state index in [4.69, 9.17) is 28.4 Å². The molecule has 1 saturated carbocycles. The molecule has 16 nitrogen and oxygen atoms in total. The molecule has 16 heteroatoms. The monoisotopic (exact) mass is 1040 g/mol. The van der Waals surface area contributed by atoms with Crippen molar-refractivity contribution in [2.45, 2.75) is 180 Å². The quantitative estimate of drug-likeness (QED) is 0.144. The number of carbonyl (C=O) groups excluding carboxylic acids is 5. The number of aliphatic hydroxyl groups excluding tert-OH is 1. The van der Waals surface area contributed by atoms with Gasteiger partial charge in [0.25, 0.3) is 11.7 Å². The summed E-state index contributed by atoms with van der Waals surface area (Å²) in [6.07, 6.45) is 12.4. The zero-order valence-electron chi connectivity index (χ0n) is 46.5. The van der Waals surface area contributed by atoms with Gasteiger partial charge in [0.2, 0.25) is 5.79 Å². The number of likely N-dealkylation sites (N-methyl/N-ethyl adjacent to an activating group) is 1. The number of esters is 1. The van der Waals surface area contributed by atoms with E-state index in [1.54, 1.807) is 46.0 Å². The molecule has 3 saturated heterocycles. The van der Waals surface area contributed by atoms with Gasteiger partial charge >= 0.3 is 12.1 Å². The number of piperidine rings is 1. The molecule has 4 heterocycles. The molecule has 2 N–H and O–H groups in total. The van der Waals surface area contributed by atoms with Crippen molar-refractivity contribution < 1.29 is 62.6 Å². The largest absolute Gasteiger partial charge is 0.460 e. The molecule has 0 unspecified atom stereocenters. The van der Waals surface area contributed by atoms with Crippen LogP contribution in [0.15, 0.2) is 59.8 Å². The summed E-state index contributed by atoms with van der Waals surface area (Å²) < 4.78 is 36.3. The first kappa shape index (κ1) is 60.8. The molecule has 0 aromatic carbocycles. The minimum absolute atomic E-state index is 0.0118. The second-order valence-electron chi connectivity index (χ2n) is 22.4. The lowest BCUT2D eigenvalue weighted by Gasteiger charge is -2.42. The number of ketones is 2. The summed E-state index contributed by atoms with van der Waals surface area (Å²) >= 11 is 0. The van der Waals surface area contributed by atoms with Gasteiger partial charge in [0.15, 0.2) is 0 Å². The minimum atomic E-state index is -2.43. The van der Waals surface area contributed by atoms with Crippen molar-refractivity contribution in [2.24, 2.45) is 35.5 Å². The number of hydrogen-bond acceptors (Lipinski definition) is 14. The number of amides is 2. The fraction of sp³-hybridized carbons (Fsp3) is 0.741. The number of fused-ring (bicyclic) bond motifs is 3. The first-order valence-electron chi connectivity index (χ1n) is 27.4. The molecule has 0 spiro atoms. The van der Waals surface area contributed by atoms with E-state index in [2.05, 4.69) is 31.4 Å². The van der Waals surface area contributed by atoms with Crippen LogP contribution in [0.2, 0.25) is 0 Å². The molecule has 0 radical (unpaired) electrons. The topological polar surface area (TPSA) is 191 Å². The Hall–Kier alpha value is -4.03. The van der Waals surface area contributed by atoms with Crippen LogP contribution in [0.3, 0.4) is 0 Å². The molecule has 0 aromatic rings. The van der Waals surface area contributed by atoms with E-state index in [0.717, 1.165) is 30.7 Å². The number of methoxy groups -OCH3 is 3. The molecular formula is C58H91N3O13. The van der Waals surface area contributed by atoms with Crippen LogP contribution in [0.4, 0.5) is 4.79 Å². The van der Waals surface area contributed by atoms with Crippen molar-refractivity contribution in [3.05, 3.63) is 59.8 Å². The van der Waals surface area contributed by atoms with E-state index in [9.17, 15) is 34.2 Å². The molecule has 5 rings (SSSR count). The lowest BCUT2D eigenvalue weighted by atomic mass is 9.78. The minimum Gasteiger partial charge on any atom is -0.460 e. The maximum atomic E-state index is 14.6. The lowest BCUT2D eigenvalue weighted by Crippen LogP contribution is -2.61. The van der Waals surface area contributed by atoms with Gasteiger partial charge in [-0.1, -0.05) is 77.7 Å². The van der Waals surface area contributed by atoms with E-state index in [1.807, 2.05) is 45.2 Å². The van der Waals surface area contributed by atoms with Crippen molar-refractivity contribution in [2.75, 3.05) is 61.1 Å². The van der Waals surface area contributed by atoms with Crippen LogP contribution in [0.25, 0.3) is 0 Å². The molecule has 5 aliphatic rings. The number of ether oxygens (including phenoxy) is 6. The SMILES string of the molecule is C=C1[C@H](C)C[C@H](C)/C=C/C=C/C=C(\C)[C@@H](OC)C[C@@H]2CC[C@@H](C)[C@@](O)(O2)C(=O)C(=O)N2CCCC[C@H]2C(=O)O[C@H]([C@H](C)C[C@@H]2CC[C@@H](OC(=O)N3CCN(C)CC3)[C@H](OC)C2)CC(=O)[C@H](C)/C=C(\C)[C@@H](O)[C@H]1OC. The molecule has 2 amide bonds. The van der Waals surface area contributed by atoms with E-state index in [0.29, 0.717) is 76.5 Å². The summed E-state index contributed by atoms with van der Waals surface area (Å²) in [7, 11) is 6.78. The average molecular weight is 1040 g/mol. The fourth-order valence-corrected chi connectivity index (χ4v) is 11.5. The Morgan fingerprint density at radius 1 is 0.851 bits per heavy atom. The summed E-state index contributed by atoms with van der Waals surface area (Å²) in [6, 6.07) is -1.14. The number of carbonyl (C=O) groups is 5. The Morgan fingerprint density at radius 3 is 2.24 bits per heavy atom. The van der Waals surface area contributed by atoms with E-state index >= 15 is 0 Å². The number of cyclic esters (lactones) is 1. The fourth-order valence-electron chi connectivity index (χ4n) is 11.5. The van der Waals surface area contributed by atoms with Gasteiger partial charge in [0.05, 0.1) is 18.3 Å². The molecular weight excluding hydrogens is 947 g/mol. The molecule has 74 heavy (non-hydrogen) atoms. The summed E-state index contributed by atoms with van der Waals surface area (Å²) in [6.45, 7) is 20.5. The van der Waals surface area contributed by atoms with Gasteiger partial charge in [0.1, 0.15) is 36.2 Å². The highest BCUT2D eigenvalue weighted by Crippen LogP contribution is 2.38. The Bertz CT molecular complexity index is 2050. The van der Waals surface area contributed by atoms with Gasteiger partial charge in [-0.25, -0.2) is 9.59 Å². The highest BCUT2D eigenvalue weighted by molar-refractivity contribution is 6.39. The van der Waals surface area contributed by atoms with Crippen LogP contribution >= 0.6 is 0 Å². The number of aliphatic hydroxyl groups is 2. The Labute approximate surface area is 441 Å². The summed E-state index contributed by atoms with van der Waals surface area (Å²) in [5.41, 5.74) is 2.18. The predicted octanol–water partition coefficient (Wildman–Crippen LogP) is 7.56. The van der Waals surface area contributed by atoms with Gasteiger partial charge in [0, 0.05) is 78.7 Å². The van der Waals surface area contributed by atoms with Crippen LogP contribution < -0.4 is 0 Å². The van der Waals surface area contributed by atoms with E-state index in [-0.39, 0.29) is 61.0 Å². The van der Waals surface area contributed by atoms with Crippen molar-refractivity contribution in [1.82, 2.24) is 14.7 Å². The normalized spacial score (nSPS) is 38.4. The maximum absolute atomic E-state index is 14.6. The molecule has 0 aromatic heterocycles. The molecule has 416 valence electrons. The molecule has 2 bridgehead atoms. The number of nitrogens with zero attached hydrogens (tertiary/aromatic N) is 3. The van der Waals surface area contributed by atoms with Gasteiger partial charge in [-0.2, -0.15) is 0 Å². The van der Waals surface area contributed by atoms with Gasteiger partial charge < -0.3 is 53.3 Å². The Kier molecular flexibility index (Phi) is 23.3. The van der Waals surface area contributed by atoms with Crippen LogP contribution in [0.5, 0.6) is 0 Å². The smallest absolute Gasteiger partial charge is 0.410 e. The van der Waals surface area contributed by atoms with Crippen molar-refractivity contribution in [3.8, 4) is 0 Å². The second-order valence-corrected chi connectivity index (χ2v) is 22.4. The first-order valence-corrected chi connectivity index (χ1v) is 27.4. The van der Waals surface area contributed by atoms with Gasteiger partial charge in [-0.3, -0.25) is 14.4 Å². The van der Waals surface area contributed by atoms with Crippen molar-refractivity contribution >= 4 is 29.5 Å². The standard InChI is InChI=1S/C58H91N3O13/c1-36-18-14-13-15-19-37(2)49(69-10)34-45-23-21-42(7)58(68,74-45)54(64)55(65)61-25-17-16-20-46(61)56(66)72-50(35-47(62)39(4)31-41(6)52(63)53(71-12)43(8)38(3)30-36)40(5)32-44-22-24-48(51(33-44)70-11)73-57(67)60-28-26-59(9)27-29-60/h13-15,18-19,31,36,38-40,42,44-46,48-53,63,68H,8,16-17,20-30,32-35H2,1-7,9-12H3/b15-13+,18-14+,37-19+,41-31+/t36-,38-,39-,40-,42-,44+,45+,46+,48-,49+,50+,51-,52-,53+,58-/m1/s1. The summed E-state index contributed by atoms with van der Waals surface area (Å²) in [4.78, 5) is 76.1. The van der Waals surface area contributed by atoms with Gasteiger partial charge in [-0.05, 0) is 125 Å². The average Bonchev–Trinajstić information content (AvgIpc) is 3.38. The van der Waals surface area contributed by atoms with E-state index < -0.39 is 77.9 Å². The zero-order chi connectivity index (χ0) is 54.4. The van der Waals surface area contributed by atoms with Crippen LogP contribution in [0, 0.1) is 35.5 Å². The highest BCUT2D eigenvalue weighted by Gasteiger charge is 2.53. The van der Waals surface area contributed by atoms with Gasteiger partial charge in [-0.15, -0.1) is 0 Å². The van der Waals surface area contributed by atoms with Crippen molar-refractivity contribution in [1.29, 1.82) is 0 Å². The number of allylic oxidation sites excluding steroid dienone is 6. The molecule has 4 fully saturated rings. The summed E-state index contributed by atoms with van der Waals surface area (Å²) in [5, 5.41) is 23.7. The summed E-state index contributed by atoms with van der Waals surface area (Å²) in [5.74, 6) is -7.05. The molecule has 1 aliphatic carbocycles. The number of piperazine rings is 1. The third kappa shape index (κ3) is 16.0. The predicted molar refractivity (Wildman–Crippen MR) is 283 cm³/mol. The molecule has 15 atom stereocenters. The maximum Gasteiger partial charge on any atom is 0.410 e. The zero-order valence-corrected chi connectivity index (χ0v) is 46.5. The Morgan fingerprint density at radius 2 is 1.57 bits per heavy atom. The second kappa shape index (κ2) is 28.4. The molecule has 4 aliphatic heterocycles.